The van der Waals surface area contributed by atoms with Gasteiger partial charge in [-0.2, -0.15) is 0 Å². The zero-order chi connectivity index (χ0) is 48.8. The number of rotatable bonds is 14. The van der Waals surface area contributed by atoms with Gasteiger partial charge in [-0.3, -0.25) is 19.8 Å². The number of ether oxygens (including phenoxy) is 3. The first kappa shape index (κ1) is 47.5. The molecule has 0 bridgehead atoms. The SMILES string of the molecule is CC(OC(=O)OC1CCCCC1)C1(C(=O)O)C=CC=C([N+](=O)[O-])C1N(Cc1ccc(-c2ccccc2-c2nnnn2C(c2ccccc2)(c2ccccc2)c2ccccc2)cc1)C(=O)OC(C)(C)C. The number of nitrogens with zero attached hydrogens (tertiary/aromatic N) is 6. The van der Waals surface area contributed by atoms with Crippen molar-refractivity contribution in [2.45, 2.75) is 95.7 Å². The van der Waals surface area contributed by atoms with E-state index >= 15 is 0 Å². The standard InChI is InChI=1S/C54H54N6O9/c1-37(67-51(64)68-43-26-15-8-16-27-43)53(49(61)62)35-19-30-46(60(65)66)47(53)58(50(63)69-52(2,3)4)36-38-31-33-39(34-32-38)44-28-17-18-29-45(44)48-55-56-57-59(48)54(40-20-9-5-10-21-40,41-22-11-6-12-23-41)42-24-13-7-14-25-42/h5-7,9-14,17-25,28-35,37,43,47H,8,15-16,26-27,36H2,1-4H3,(H,61,62). The van der Waals surface area contributed by atoms with Crippen LogP contribution < -0.4 is 0 Å². The van der Waals surface area contributed by atoms with Gasteiger partial charge in [-0.15, -0.1) is 5.10 Å². The molecular formula is C54H54N6O9. The second kappa shape index (κ2) is 20.1. The maximum atomic E-state index is 14.4. The minimum Gasteiger partial charge on any atom is -0.480 e. The minimum atomic E-state index is -2.35. The second-order valence-corrected chi connectivity index (χ2v) is 18.3. The predicted octanol–water partition coefficient (Wildman–Crippen LogP) is 10.6. The summed E-state index contributed by atoms with van der Waals surface area (Å²) in [5.74, 6) is -1.08. The molecule has 0 spiro atoms. The van der Waals surface area contributed by atoms with Gasteiger partial charge < -0.3 is 19.3 Å². The van der Waals surface area contributed by atoms with Crippen LogP contribution in [0.2, 0.25) is 0 Å². The number of amides is 1. The maximum absolute atomic E-state index is 14.4. The fourth-order valence-electron chi connectivity index (χ4n) is 9.60. The normalized spacial score (nSPS) is 17.8. The van der Waals surface area contributed by atoms with Gasteiger partial charge >= 0.3 is 18.2 Å². The van der Waals surface area contributed by atoms with Crippen LogP contribution in [0, 0.1) is 15.5 Å². The third-order valence-electron chi connectivity index (χ3n) is 12.8. The average Bonchev–Trinajstić information content (AvgIpc) is 3.84. The number of tetrazole rings is 1. The highest BCUT2D eigenvalue weighted by molar-refractivity contribution is 5.83. The van der Waals surface area contributed by atoms with E-state index in [4.69, 9.17) is 19.4 Å². The molecule has 2 aliphatic carbocycles. The highest BCUT2D eigenvalue weighted by Crippen LogP contribution is 2.45. The van der Waals surface area contributed by atoms with E-state index in [1.165, 1.54) is 19.1 Å². The molecule has 1 aromatic heterocycles. The molecule has 1 fully saturated rings. The van der Waals surface area contributed by atoms with Crippen molar-refractivity contribution in [2.75, 3.05) is 0 Å². The van der Waals surface area contributed by atoms with Gasteiger partial charge in [-0.05, 0) is 97.2 Å². The molecule has 1 heterocycles. The molecule has 3 unspecified atom stereocenters. The molecule has 2 aliphatic rings. The molecule has 8 rings (SSSR count). The molecule has 15 nitrogen and oxygen atoms in total. The van der Waals surface area contributed by atoms with Gasteiger partial charge in [0.05, 0.1) is 4.92 Å². The predicted molar refractivity (Wildman–Crippen MR) is 257 cm³/mol. The zero-order valence-electron chi connectivity index (χ0n) is 38.9. The van der Waals surface area contributed by atoms with E-state index in [1.807, 2.05) is 95.7 Å². The number of nitro groups is 1. The van der Waals surface area contributed by atoms with E-state index in [-0.39, 0.29) is 6.54 Å². The smallest absolute Gasteiger partial charge is 0.480 e. The molecular weight excluding hydrogens is 877 g/mol. The van der Waals surface area contributed by atoms with Gasteiger partial charge in [-0.1, -0.05) is 158 Å². The molecule has 1 saturated carbocycles. The van der Waals surface area contributed by atoms with Gasteiger partial charge in [-0.25, -0.2) is 14.3 Å². The van der Waals surface area contributed by atoms with Crippen LogP contribution in [0.3, 0.4) is 0 Å². The molecule has 0 saturated heterocycles. The maximum Gasteiger partial charge on any atom is 0.508 e. The average molecular weight is 931 g/mol. The van der Waals surface area contributed by atoms with Gasteiger partial charge in [0.15, 0.2) is 11.2 Å². The van der Waals surface area contributed by atoms with Crippen molar-refractivity contribution in [1.29, 1.82) is 0 Å². The number of allylic oxidation sites excluding steroid dienone is 2. The quantitative estimate of drug-likeness (QED) is 0.0472. The lowest BCUT2D eigenvalue weighted by Gasteiger charge is -2.43. The van der Waals surface area contributed by atoms with Crippen molar-refractivity contribution >= 4 is 18.2 Å². The van der Waals surface area contributed by atoms with Crippen molar-refractivity contribution in [3.8, 4) is 22.5 Å². The first-order valence-corrected chi connectivity index (χ1v) is 23.0. The summed E-state index contributed by atoms with van der Waals surface area (Å²) in [5, 5.41) is 37.7. The Morgan fingerprint density at radius 3 is 1.90 bits per heavy atom. The molecule has 1 N–H and O–H groups in total. The number of aliphatic carboxylic acids is 1. The van der Waals surface area contributed by atoms with Crippen molar-refractivity contribution < 1.29 is 38.6 Å². The van der Waals surface area contributed by atoms with Crippen LogP contribution in [0.4, 0.5) is 9.59 Å². The summed E-state index contributed by atoms with van der Waals surface area (Å²) in [7, 11) is 0. The summed E-state index contributed by atoms with van der Waals surface area (Å²) in [5.41, 5.74) is 0.479. The monoisotopic (exact) mass is 930 g/mol. The van der Waals surface area contributed by atoms with E-state index in [0.29, 0.717) is 24.2 Å². The molecule has 0 radical (unpaired) electrons. The molecule has 354 valence electrons. The van der Waals surface area contributed by atoms with Crippen LogP contribution in [-0.2, 0) is 31.1 Å². The van der Waals surface area contributed by atoms with Gasteiger partial charge in [0.2, 0.25) is 0 Å². The Morgan fingerprint density at radius 1 is 0.812 bits per heavy atom. The van der Waals surface area contributed by atoms with Crippen LogP contribution in [0.1, 0.15) is 82.1 Å². The fraction of sp³-hybridized carbons (Fsp3) is 0.296. The topological polar surface area (TPSA) is 189 Å². The van der Waals surface area contributed by atoms with Crippen molar-refractivity contribution in [1.82, 2.24) is 25.1 Å². The van der Waals surface area contributed by atoms with Crippen LogP contribution in [0.5, 0.6) is 0 Å². The van der Waals surface area contributed by atoms with Gasteiger partial charge in [0, 0.05) is 18.2 Å². The van der Waals surface area contributed by atoms with Crippen LogP contribution in [0.25, 0.3) is 22.5 Å². The van der Waals surface area contributed by atoms with Crippen molar-refractivity contribution in [3.05, 3.63) is 196 Å². The van der Waals surface area contributed by atoms with Crippen LogP contribution in [-0.4, -0.2) is 77.2 Å². The van der Waals surface area contributed by atoms with E-state index in [2.05, 4.69) is 46.7 Å². The Balaban J connectivity index is 1.19. The molecule has 15 heteroatoms. The number of carboxylic acid groups (broad SMARTS) is 1. The van der Waals surface area contributed by atoms with E-state index < -0.39 is 63.6 Å². The summed E-state index contributed by atoms with van der Waals surface area (Å²) in [6.07, 6.45) is 3.54. The lowest BCUT2D eigenvalue weighted by molar-refractivity contribution is -0.436. The lowest BCUT2D eigenvalue weighted by atomic mass is 9.71. The number of aromatic nitrogens is 4. The first-order chi connectivity index (χ1) is 33.2. The molecule has 69 heavy (non-hydrogen) atoms. The molecule has 3 atom stereocenters. The van der Waals surface area contributed by atoms with E-state index in [9.17, 15) is 29.6 Å². The number of hydrogen-bond donors (Lipinski definition) is 1. The molecule has 5 aromatic carbocycles. The summed E-state index contributed by atoms with van der Waals surface area (Å²) in [6.45, 7) is 5.91. The number of benzene rings is 5. The molecule has 0 aliphatic heterocycles. The van der Waals surface area contributed by atoms with E-state index in [1.54, 1.807) is 32.9 Å². The summed E-state index contributed by atoms with van der Waals surface area (Å²) in [4.78, 5) is 54.5. The lowest BCUT2D eigenvalue weighted by Crippen LogP contribution is -2.61. The summed E-state index contributed by atoms with van der Waals surface area (Å²) in [6, 6.07) is 43.3. The zero-order valence-corrected chi connectivity index (χ0v) is 38.9. The number of hydrogen-bond acceptors (Lipinski definition) is 11. The first-order valence-electron chi connectivity index (χ1n) is 23.0. The second-order valence-electron chi connectivity index (χ2n) is 18.3. The highest BCUT2D eigenvalue weighted by Gasteiger charge is 2.60. The third kappa shape index (κ3) is 9.62. The third-order valence-corrected chi connectivity index (χ3v) is 12.8. The fourth-order valence-corrected chi connectivity index (χ4v) is 9.60. The molecule has 6 aromatic rings. The molecule has 1 amide bonds. The number of carboxylic acids is 1. The number of carbonyl (C=O) groups excluding carboxylic acids is 2. The van der Waals surface area contributed by atoms with Crippen LogP contribution in [0.15, 0.2) is 163 Å². The van der Waals surface area contributed by atoms with Crippen molar-refractivity contribution in [3.63, 3.8) is 0 Å². The Kier molecular flexibility index (Phi) is 13.9. The van der Waals surface area contributed by atoms with Gasteiger partial charge in [0.1, 0.15) is 29.4 Å². The Labute approximate surface area is 400 Å². The summed E-state index contributed by atoms with van der Waals surface area (Å²) >= 11 is 0. The Morgan fingerprint density at radius 2 is 1.36 bits per heavy atom. The highest BCUT2D eigenvalue weighted by atomic mass is 16.7. The summed E-state index contributed by atoms with van der Waals surface area (Å²) < 4.78 is 18.9. The largest absolute Gasteiger partial charge is 0.508 e. The van der Waals surface area contributed by atoms with Crippen molar-refractivity contribution in [2.24, 2.45) is 5.41 Å². The minimum absolute atomic E-state index is 0.333. The van der Waals surface area contributed by atoms with Crippen LogP contribution >= 0.6 is 0 Å². The van der Waals surface area contributed by atoms with E-state index in [0.717, 1.165) is 63.6 Å². The Bertz CT molecular complexity index is 2740. The Hall–Kier alpha value is -7.94. The van der Waals surface area contributed by atoms with Gasteiger partial charge in [0.25, 0.3) is 5.70 Å². The number of carbonyl (C=O) groups is 3.